The maximum absolute atomic E-state index is 11.5. The second-order valence-corrected chi connectivity index (χ2v) is 4.65. The van der Waals surface area contributed by atoms with Crippen molar-refractivity contribution >= 4 is 11.9 Å². The Morgan fingerprint density at radius 2 is 1.76 bits per heavy atom. The molecule has 0 N–H and O–H groups in total. The van der Waals surface area contributed by atoms with Crippen molar-refractivity contribution in [2.45, 2.75) is 64.7 Å². The zero-order valence-corrected chi connectivity index (χ0v) is 10.6. The lowest BCUT2D eigenvalue weighted by molar-refractivity contribution is -0.262. The summed E-state index contributed by atoms with van der Waals surface area (Å²) in [5, 5.41) is 0. The number of rotatable bonds is 5. The van der Waals surface area contributed by atoms with E-state index in [4.69, 9.17) is 0 Å². The fourth-order valence-electron chi connectivity index (χ4n) is 2.05. The molecule has 1 aliphatic rings. The van der Waals surface area contributed by atoms with Crippen LogP contribution in [0.15, 0.2) is 0 Å². The summed E-state index contributed by atoms with van der Waals surface area (Å²) in [7, 11) is 0. The largest absolute Gasteiger partial charge is 0.358 e. The van der Waals surface area contributed by atoms with Gasteiger partial charge in [0.15, 0.2) is 0 Å². The van der Waals surface area contributed by atoms with E-state index >= 15 is 0 Å². The smallest absolute Gasteiger partial charge is 0.247 e. The molecule has 4 heteroatoms. The van der Waals surface area contributed by atoms with E-state index in [1.807, 2.05) is 0 Å². The number of hydrogen-bond acceptors (Lipinski definition) is 4. The first-order valence-corrected chi connectivity index (χ1v) is 6.65. The van der Waals surface area contributed by atoms with Gasteiger partial charge in [0.2, 0.25) is 0 Å². The topological polar surface area (TPSA) is 52.6 Å². The van der Waals surface area contributed by atoms with Crippen LogP contribution < -0.4 is 0 Å². The minimum Gasteiger partial charge on any atom is -0.247 e. The molecular formula is C13H22O4. The summed E-state index contributed by atoms with van der Waals surface area (Å²) in [4.78, 5) is 31.8. The molecule has 98 valence electrons. The van der Waals surface area contributed by atoms with E-state index in [0.717, 1.165) is 44.9 Å². The summed E-state index contributed by atoms with van der Waals surface area (Å²) < 4.78 is 0. The van der Waals surface area contributed by atoms with Crippen LogP contribution in [0.1, 0.15) is 64.7 Å². The van der Waals surface area contributed by atoms with E-state index in [-0.39, 0.29) is 11.9 Å². The van der Waals surface area contributed by atoms with Gasteiger partial charge in [0.25, 0.3) is 0 Å². The second kappa shape index (κ2) is 8.09. The summed E-state index contributed by atoms with van der Waals surface area (Å²) in [6.45, 7) is 2.06. The Kier molecular flexibility index (Phi) is 6.67. The summed E-state index contributed by atoms with van der Waals surface area (Å²) >= 11 is 0. The van der Waals surface area contributed by atoms with Crippen molar-refractivity contribution in [3.05, 3.63) is 0 Å². The van der Waals surface area contributed by atoms with Crippen LogP contribution in [0.25, 0.3) is 0 Å². The molecule has 1 rings (SSSR count). The Morgan fingerprint density at radius 3 is 2.41 bits per heavy atom. The number of hydrogen-bond donors (Lipinski definition) is 0. The first kappa shape index (κ1) is 14.0. The number of carbonyl (C=O) groups is 2. The van der Waals surface area contributed by atoms with Crippen LogP contribution in [0.5, 0.6) is 0 Å². The fourth-order valence-corrected chi connectivity index (χ4v) is 2.05. The minimum atomic E-state index is -0.442. The summed E-state index contributed by atoms with van der Waals surface area (Å²) in [5.41, 5.74) is 0. The fraction of sp³-hybridized carbons (Fsp3) is 0.846. The van der Waals surface area contributed by atoms with E-state index in [1.54, 1.807) is 0 Å². The molecule has 0 bridgehead atoms. The van der Waals surface area contributed by atoms with Gasteiger partial charge in [-0.3, -0.25) is 0 Å². The van der Waals surface area contributed by atoms with Gasteiger partial charge < -0.3 is 0 Å². The Balaban J connectivity index is 2.11. The highest BCUT2D eigenvalue weighted by Gasteiger charge is 2.24. The average Bonchev–Trinajstić information content (AvgIpc) is 2.37. The SMILES string of the molecule is CCCCCC(=O)OOC(=O)C1CCCCC1. The van der Waals surface area contributed by atoms with Crippen molar-refractivity contribution in [2.75, 3.05) is 0 Å². The van der Waals surface area contributed by atoms with Crippen LogP contribution in [0.2, 0.25) is 0 Å². The average molecular weight is 242 g/mol. The van der Waals surface area contributed by atoms with Gasteiger partial charge in [-0.2, -0.15) is 0 Å². The number of carbonyl (C=O) groups excluding carboxylic acids is 2. The second-order valence-electron chi connectivity index (χ2n) is 4.65. The zero-order chi connectivity index (χ0) is 12.5. The first-order valence-electron chi connectivity index (χ1n) is 6.65. The molecule has 1 aliphatic carbocycles. The monoisotopic (exact) mass is 242 g/mol. The maximum atomic E-state index is 11.5. The maximum Gasteiger partial charge on any atom is 0.358 e. The van der Waals surface area contributed by atoms with Gasteiger partial charge in [-0.05, 0) is 19.3 Å². The van der Waals surface area contributed by atoms with Gasteiger partial charge in [-0.15, -0.1) is 0 Å². The van der Waals surface area contributed by atoms with Crippen molar-refractivity contribution in [3.63, 3.8) is 0 Å². The zero-order valence-electron chi connectivity index (χ0n) is 10.6. The molecule has 0 unspecified atom stereocenters. The van der Waals surface area contributed by atoms with Gasteiger partial charge in [0.05, 0.1) is 12.3 Å². The van der Waals surface area contributed by atoms with E-state index in [1.165, 1.54) is 6.42 Å². The molecular weight excluding hydrogens is 220 g/mol. The van der Waals surface area contributed by atoms with E-state index < -0.39 is 5.97 Å². The normalized spacial score (nSPS) is 16.5. The van der Waals surface area contributed by atoms with Crippen molar-refractivity contribution in [1.82, 2.24) is 0 Å². The van der Waals surface area contributed by atoms with E-state index in [0.29, 0.717) is 6.42 Å². The van der Waals surface area contributed by atoms with Gasteiger partial charge in [-0.1, -0.05) is 39.0 Å². The molecule has 0 aliphatic heterocycles. The van der Waals surface area contributed by atoms with E-state index in [9.17, 15) is 9.59 Å². The van der Waals surface area contributed by atoms with Crippen LogP contribution in [0.4, 0.5) is 0 Å². The molecule has 0 atom stereocenters. The Bertz CT molecular complexity index is 244. The lowest BCUT2D eigenvalue weighted by Gasteiger charge is -2.18. The molecule has 1 saturated carbocycles. The van der Waals surface area contributed by atoms with Crippen LogP contribution in [-0.4, -0.2) is 11.9 Å². The third-order valence-corrected chi connectivity index (χ3v) is 3.14. The first-order chi connectivity index (χ1) is 8.24. The van der Waals surface area contributed by atoms with E-state index in [2.05, 4.69) is 16.7 Å². The molecule has 17 heavy (non-hydrogen) atoms. The summed E-state index contributed by atoms with van der Waals surface area (Å²) in [6.07, 6.45) is 8.16. The van der Waals surface area contributed by atoms with Gasteiger partial charge >= 0.3 is 11.9 Å². The molecule has 0 aromatic carbocycles. The van der Waals surface area contributed by atoms with Crippen molar-refractivity contribution in [2.24, 2.45) is 5.92 Å². The van der Waals surface area contributed by atoms with Gasteiger partial charge in [-0.25, -0.2) is 19.4 Å². The van der Waals surface area contributed by atoms with Gasteiger partial charge in [0, 0.05) is 0 Å². The lowest BCUT2D eigenvalue weighted by atomic mass is 9.89. The molecule has 4 nitrogen and oxygen atoms in total. The summed E-state index contributed by atoms with van der Waals surface area (Å²) in [5.74, 6) is -0.900. The van der Waals surface area contributed by atoms with Crippen molar-refractivity contribution in [1.29, 1.82) is 0 Å². The van der Waals surface area contributed by atoms with Crippen LogP contribution in [0.3, 0.4) is 0 Å². The molecule has 0 radical (unpaired) electrons. The van der Waals surface area contributed by atoms with Crippen molar-refractivity contribution in [3.8, 4) is 0 Å². The summed E-state index contributed by atoms with van der Waals surface area (Å²) in [6, 6.07) is 0. The third kappa shape index (κ3) is 5.71. The Morgan fingerprint density at radius 1 is 1.06 bits per heavy atom. The van der Waals surface area contributed by atoms with Crippen LogP contribution in [0, 0.1) is 5.92 Å². The molecule has 0 saturated heterocycles. The molecule has 0 spiro atoms. The lowest BCUT2D eigenvalue weighted by Crippen LogP contribution is -2.22. The van der Waals surface area contributed by atoms with Crippen LogP contribution >= 0.6 is 0 Å². The molecule has 0 amide bonds. The highest BCUT2D eigenvalue weighted by Crippen LogP contribution is 2.24. The molecule has 0 aromatic rings. The molecule has 1 fully saturated rings. The Labute approximate surface area is 103 Å². The minimum absolute atomic E-state index is 0.0767. The molecule has 0 aromatic heterocycles. The van der Waals surface area contributed by atoms with Crippen LogP contribution in [-0.2, 0) is 19.4 Å². The molecule has 0 heterocycles. The highest BCUT2D eigenvalue weighted by molar-refractivity contribution is 5.74. The third-order valence-electron chi connectivity index (χ3n) is 3.14. The predicted octanol–water partition coefficient (Wildman–Crippen LogP) is 3.15. The number of unbranched alkanes of at least 4 members (excludes halogenated alkanes) is 2. The standard InChI is InChI=1S/C13H22O4/c1-2-3-5-10-12(14)16-17-13(15)11-8-6-4-7-9-11/h11H,2-10H2,1H3. The Hall–Kier alpha value is -1.06. The van der Waals surface area contributed by atoms with Crippen molar-refractivity contribution < 1.29 is 19.4 Å². The highest BCUT2D eigenvalue weighted by atomic mass is 17.2. The predicted molar refractivity (Wildman–Crippen MR) is 62.9 cm³/mol. The van der Waals surface area contributed by atoms with Gasteiger partial charge in [0.1, 0.15) is 0 Å². The quantitative estimate of drug-likeness (QED) is 0.422.